The predicted octanol–water partition coefficient (Wildman–Crippen LogP) is 0.410. The predicted molar refractivity (Wildman–Crippen MR) is 129 cm³/mol. The van der Waals surface area contributed by atoms with Gasteiger partial charge < -0.3 is 40.9 Å². The van der Waals surface area contributed by atoms with Gasteiger partial charge in [-0.15, -0.1) is 0 Å². The van der Waals surface area contributed by atoms with Crippen LogP contribution in [0.3, 0.4) is 0 Å². The van der Waals surface area contributed by atoms with Crippen molar-refractivity contribution >= 4 is 0 Å². The van der Waals surface area contributed by atoms with Gasteiger partial charge in [-0.05, 0) is 66.6 Å². The van der Waals surface area contributed by atoms with Crippen LogP contribution in [-0.2, 0) is 0 Å². The number of hydrogen-bond donors (Lipinski definition) is 8. The molecule has 8 heteroatoms. The first kappa shape index (κ1) is 27.7. The highest BCUT2D eigenvalue weighted by molar-refractivity contribution is 5.25. The van der Waals surface area contributed by atoms with E-state index >= 15 is 0 Å². The van der Waals surface area contributed by atoms with Gasteiger partial charge in [-0.3, -0.25) is 0 Å². The first-order chi connectivity index (χ1) is 16.3. The zero-order valence-electron chi connectivity index (χ0n) is 21.7. The molecular weight excluding hydrogens is 452 g/mol. The van der Waals surface area contributed by atoms with E-state index in [9.17, 15) is 40.9 Å². The van der Waals surface area contributed by atoms with Gasteiger partial charge in [0.25, 0.3) is 0 Å². The molecule has 0 spiro atoms. The Morgan fingerprint density at radius 2 is 1.43 bits per heavy atom. The summed E-state index contributed by atoms with van der Waals surface area (Å²) in [5.74, 6) is -2.15. The van der Waals surface area contributed by atoms with Crippen LogP contribution in [0.4, 0.5) is 0 Å². The maximum Gasteiger partial charge on any atom is 0.110 e. The fourth-order valence-electron chi connectivity index (χ4n) is 9.61. The summed E-state index contributed by atoms with van der Waals surface area (Å²) in [6.07, 6.45) is -3.02. The van der Waals surface area contributed by atoms with Crippen molar-refractivity contribution in [1.29, 1.82) is 0 Å². The molecule has 4 fully saturated rings. The Hall–Kier alpha value is -0.320. The molecule has 1 unspecified atom stereocenters. The number of fused-ring (bicyclic) bond motifs is 5. The van der Waals surface area contributed by atoms with E-state index in [2.05, 4.69) is 6.92 Å². The van der Waals surface area contributed by atoms with Gasteiger partial charge in [0.2, 0.25) is 0 Å². The molecule has 4 aliphatic carbocycles. The topological polar surface area (TPSA) is 162 Å². The first-order valence-electron chi connectivity index (χ1n) is 13.7. The Morgan fingerprint density at radius 1 is 0.800 bits per heavy atom. The standard InChI is InChI=1S/C27H48O8/c1-13(12-28)6-5-7-14(2)17-20(31)22(33)23-26(17,4)11-9-16-25(3)10-8-15(29)19(30)18(25)21(32)24(34)27(16,23)35/h13-24,28-35H,5-12H2,1-4H3/t13-,14-,15+,16-,17+,18?,19+,20-,21-,22+,23-,24-,25-,26-,27+/m1/s1. The van der Waals surface area contributed by atoms with Gasteiger partial charge in [-0.25, -0.2) is 0 Å². The average Bonchev–Trinajstić information content (AvgIpc) is 3.00. The quantitative estimate of drug-likeness (QED) is 0.260. The van der Waals surface area contributed by atoms with Crippen molar-refractivity contribution in [3.8, 4) is 0 Å². The van der Waals surface area contributed by atoms with E-state index in [-0.39, 0.29) is 24.4 Å². The van der Waals surface area contributed by atoms with Crippen molar-refractivity contribution in [2.24, 2.45) is 46.3 Å². The highest BCUT2D eigenvalue weighted by atomic mass is 16.4. The van der Waals surface area contributed by atoms with Gasteiger partial charge in [0.05, 0.1) is 30.5 Å². The number of aliphatic hydroxyl groups excluding tert-OH is 7. The highest BCUT2D eigenvalue weighted by Gasteiger charge is 2.76. The first-order valence-corrected chi connectivity index (χ1v) is 13.7. The second-order valence-corrected chi connectivity index (χ2v) is 13.2. The van der Waals surface area contributed by atoms with Crippen molar-refractivity contribution in [1.82, 2.24) is 0 Å². The summed E-state index contributed by atoms with van der Waals surface area (Å²) in [5.41, 5.74) is -3.22. The number of rotatable bonds is 6. The average molecular weight is 501 g/mol. The van der Waals surface area contributed by atoms with E-state index in [1.807, 2.05) is 20.8 Å². The molecule has 35 heavy (non-hydrogen) atoms. The Kier molecular flexibility index (Phi) is 7.48. The van der Waals surface area contributed by atoms with E-state index in [4.69, 9.17) is 0 Å². The van der Waals surface area contributed by atoms with Gasteiger partial charge in [-0.1, -0.05) is 40.5 Å². The Bertz CT molecular complexity index is 765. The summed E-state index contributed by atoms with van der Waals surface area (Å²) < 4.78 is 0. The summed E-state index contributed by atoms with van der Waals surface area (Å²) in [6, 6.07) is 0. The second kappa shape index (κ2) is 9.45. The van der Waals surface area contributed by atoms with Crippen LogP contribution in [0.25, 0.3) is 0 Å². The van der Waals surface area contributed by atoms with Crippen molar-refractivity contribution in [3.05, 3.63) is 0 Å². The van der Waals surface area contributed by atoms with Gasteiger partial charge in [0, 0.05) is 18.4 Å². The SMILES string of the molecule is C[C@@H](CO)CCC[C@@H](C)[C@H]1[C@@H](O)[C@H](O)[C@@H]2[C@]1(C)CC[C@H]1[C@@]2(O)[C@H](O)[C@H](O)C2[C@@H](O)[C@@H](O)CC[C@@]21C. The summed E-state index contributed by atoms with van der Waals surface area (Å²) in [5, 5.41) is 88.0. The van der Waals surface area contributed by atoms with Crippen LogP contribution in [0.2, 0.25) is 0 Å². The van der Waals surface area contributed by atoms with Crippen LogP contribution < -0.4 is 0 Å². The Morgan fingerprint density at radius 3 is 2.06 bits per heavy atom. The zero-order chi connectivity index (χ0) is 26.1. The van der Waals surface area contributed by atoms with E-state index in [1.165, 1.54) is 0 Å². The van der Waals surface area contributed by atoms with E-state index in [0.29, 0.717) is 25.7 Å². The summed E-state index contributed by atoms with van der Waals surface area (Å²) in [4.78, 5) is 0. The van der Waals surface area contributed by atoms with Crippen LogP contribution in [0.5, 0.6) is 0 Å². The summed E-state index contributed by atoms with van der Waals surface area (Å²) >= 11 is 0. The third kappa shape index (κ3) is 3.85. The molecule has 0 aliphatic heterocycles. The zero-order valence-corrected chi connectivity index (χ0v) is 21.7. The summed E-state index contributed by atoms with van der Waals surface area (Å²) in [7, 11) is 0. The monoisotopic (exact) mass is 500 g/mol. The third-order valence-electron chi connectivity index (χ3n) is 11.3. The van der Waals surface area contributed by atoms with Crippen molar-refractivity contribution < 1.29 is 40.9 Å². The molecule has 8 nitrogen and oxygen atoms in total. The minimum atomic E-state index is -1.83. The van der Waals surface area contributed by atoms with Gasteiger partial charge in [0.15, 0.2) is 0 Å². The van der Waals surface area contributed by atoms with Crippen molar-refractivity contribution in [2.75, 3.05) is 6.61 Å². The molecule has 4 rings (SSSR count). The second-order valence-electron chi connectivity index (χ2n) is 13.2. The molecule has 4 saturated carbocycles. The lowest BCUT2D eigenvalue weighted by molar-refractivity contribution is -0.322. The molecule has 0 saturated heterocycles. The fraction of sp³-hybridized carbons (Fsp3) is 1.00. The molecule has 0 aromatic rings. The van der Waals surface area contributed by atoms with E-state index < -0.39 is 70.8 Å². The van der Waals surface area contributed by atoms with Gasteiger partial charge >= 0.3 is 0 Å². The largest absolute Gasteiger partial charge is 0.396 e. The molecular formula is C27H48O8. The van der Waals surface area contributed by atoms with Gasteiger partial charge in [0.1, 0.15) is 11.7 Å². The maximum atomic E-state index is 12.3. The van der Waals surface area contributed by atoms with Crippen LogP contribution in [-0.4, -0.2) is 89.7 Å². The Labute approximate surface area is 209 Å². The van der Waals surface area contributed by atoms with Crippen LogP contribution in [0.15, 0.2) is 0 Å². The molecule has 204 valence electrons. The van der Waals surface area contributed by atoms with Crippen molar-refractivity contribution in [3.63, 3.8) is 0 Å². The highest BCUT2D eigenvalue weighted by Crippen LogP contribution is 2.69. The molecule has 0 aromatic carbocycles. The lowest BCUT2D eigenvalue weighted by Crippen LogP contribution is -2.76. The van der Waals surface area contributed by atoms with Gasteiger partial charge in [-0.2, -0.15) is 0 Å². The fourth-order valence-corrected chi connectivity index (χ4v) is 9.61. The molecule has 0 amide bonds. The van der Waals surface area contributed by atoms with Crippen molar-refractivity contribution in [2.45, 2.75) is 115 Å². The molecule has 0 heterocycles. The van der Waals surface area contributed by atoms with Crippen LogP contribution in [0.1, 0.15) is 72.6 Å². The number of hydrogen-bond acceptors (Lipinski definition) is 8. The molecule has 0 radical (unpaired) electrons. The smallest absolute Gasteiger partial charge is 0.110 e. The normalized spacial score (nSPS) is 55.5. The lowest BCUT2D eigenvalue weighted by atomic mass is 9.40. The minimum Gasteiger partial charge on any atom is -0.396 e. The molecule has 0 bridgehead atoms. The minimum absolute atomic E-state index is 0.0568. The number of aliphatic hydroxyl groups is 8. The molecule has 0 aromatic heterocycles. The lowest BCUT2D eigenvalue weighted by Gasteiger charge is -2.67. The van der Waals surface area contributed by atoms with E-state index in [0.717, 1.165) is 19.3 Å². The molecule has 4 aliphatic rings. The molecule has 15 atom stereocenters. The van der Waals surface area contributed by atoms with E-state index in [1.54, 1.807) is 0 Å². The maximum absolute atomic E-state index is 12.3. The Balaban J connectivity index is 1.67. The van der Waals surface area contributed by atoms with Crippen LogP contribution >= 0.6 is 0 Å². The molecule has 8 N–H and O–H groups in total. The third-order valence-corrected chi connectivity index (χ3v) is 11.3. The summed E-state index contributed by atoms with van der Waals surface area (Å²) in [6.45, 7) is 8.11. The van der Waals surface area contributed by atoms with Crippen LogP contribution in [0, 0.1) is 46.3 Å².